The highest BCUT2D eigenvalue weighted by molar-refractivity contribution is 5.26. The third-order valence-corrected chi connectivity index (χ3v) is 3.88. The first kappa shape index (κ1) is 15.2. The molecular weight excluding hydrogens is 255 g/mol. The lowest BCUT2D eigenvalue weighted by molar-refractivity contribution is 0.0524. The lowest BCUT2D eigenvalue weighted by Gasteiger charge is -2.38. The van der Waals surface area contributed by atoms with Gasteiger partial charge in [0, 0.05) is 12.1 Å². The van der Waals surface area contributed by atoms with E-state index in [1.807, 2.05) is 7.05 Å². The fraction of sp³-hybridized carbons (Fsp3) is 0.688. The standard InChI is InChI=1S/C16H25FN2O/c1-11-5-14(8-16(2,3)7-11)20-15-12(9-18-4)6-13(17)10-19-15/h6,10-11,14,18H,5,7-9H2,1-4H3. The SMILES string of the molecule is CNCc1cc(F)cnc1OC1CC(C)CC(C)(C)C1. The topological polar surface area (TPSA) is 34.2 Å². The van der Waals surface area contributed by atoms with Gasteiger partial charge in [-0.1, -0.05) is 20.8 Å². The molecule has 0 aromatic carbocycles. The van der Waals surface area contributed by atoms with Crippen LogP contribution in [0.1, 0.15) is 45.6 Å². The molecule has 2 atom stereocenters. The molecule has 0 saturated heterocycles. The molecule has 4 heteroatoms. The molecule has 3 nitrogen and oxygen atoms in total. The van der Waals surface area contributed by atoms with Crippen molar-refractivity contribution < 1.29 is 9.13 Å². The normalized spacial score (nSPS) is 25.4. The van der Waals surface area contributed by atoms with E-state index in [4.69, 9.17) is 4.74 Å². The third kappa shape index (κ3) is 3.92. The fourth-order valence-electron chi connectivity index (χ4n) is 3.40. The van der Waals surface area contributed by atoms with E-state index in [0.717, 1.165) is 18.4 Å². The smallest absolute Gasteiger partial charge is 0.218 e. The van der Waals surface area contributed by atoms with Crippen molar-refractivity contribution in [2.45, 2.75) is 52.7 Å². The van der Waals surface area contributed by atoms with Crippen LogP contribution in [0.4, 0.5) is 4.39 Å². The number of ether oxygens (including phenoxy) is 1. The molecule has 1 aliphatic rings. The Morgan fingerprint density at radius 2 is 2.20 bits per heavy atom. The Labute approximate surface area is 120 Å². The van der Waals surface area contributed by atoms with Gasteiger partial charge >= 0.3 is 0 Å². The van der Waals surface area contributed by atoms with Crippen LogP contribution in [0.15, 0.2) is 12.3 Å². The van der Waals surface area contributed by atoms with Crippen LogP contribution in [0.3, 0.4) is 0 Å². The van der Waals surface area contributed by atoms with E-state index in [9.17, 15) is 4.39 Å². The van der Waals surface area contributed by atoms with Crippen LogP contribution >= 0.6 is 0 Å². The van der Waals surface area contributed by atoms with Crippen molar-refractivity contribution in [2.24, 2.45) is 11.3 Å². The van der Waals surface area contributed by atoms with Crippen molar-refractivity contribution in [1.82, 2.24) is 10.3 Å². The highest BCUT2D eigenvalue weighted by Gasteiger charge is 2.33. The van der Waals surface area contributed by atoms with E-state index in [2.05, 4.69) is 31.1 Å². The van der Waals surface area contributed by atoms with E-state index in [1.165, 1.54) is 18.7 Å². The molecule has 1 aromatic rings. The number of aromatic nitrogens is 1. The average molecular weight is 280 g/mol. The van der Waals surface area contributed by atoms with E-state index in [1.54, 1.807) is 0 Å². The summed E-state index contributed by atoms with van der Waals surface area (Å²) in [5.74, 6) is 0.896. The lowest BCUT2D eigenvalue weighted by Crippen LogP contribution is -2.34. The summed E-state index contributed by atoms with van der Waals surface area (Å²) in [4.78, 5) is 4.13. The molecule has 1 saturated carbocycles. The summed E-state index contributed by atoms with van der Waals surface area (Å²) in [5.41, 5.74) is 1.08. The molecule has 0 aliphatic heterocycles. The number of hydrogen-bond acceptors (Lipinski definition) is 3. The summed E-state index contributed by atoms with van der Waals surface area (Å²) in [6, 6.07) is 1.50. The number of nitrogens with zero attached hydrogens (tertiary/aromatic N) is 1. The first-order chi connectivity index (χ1) is 9.39. The van der Waals surface area contributed by atoms with E-state index in [0.29, 0.717) is 23.8 Å². The summed E-state index contributed by atoms with van der Waals surface area (Å²) >= 11 is 0. The number of pyridine rings is 1. The van der Waals surface area contributed by atoms with Crippen LogP contribution in [0.2, 0.25) is 0 Å². The summed E-state index contributed by atoms with van der Waals surface area (Å²) in [5, 5.41) is 3.03. The van der Waals surface area contributed by atoms with Crippen molar-refractivity contribution >= 4 is 0 Å². The van der Waals surface area contributed by atoms with Crippen molar-refractivity contribution in [3.63, 3.8) is 0 Å². The second kappa shape index (κ2) is 6.08. The Kier molecular flexibility index (Phi) is 4.63. The van der Waals surface area contributed by atoms with Crippen molar-refractivity contribution in [3.05, 3.63) is 23.6 Å². The molecule has 0 radical (unpaired) electrons. The molecule has 0 amide bonds. The number of rotatable bonds is 4. The predicted octanol–water partition coefficient (Wildman–Crippen LogP) is 3.53. The Morgan fingerprint density at radius 3 is 2.85 bits per heavy atom. The molecule has 0 spiro atoms. The van der Waals surface area contributed by atoms with Gasteiger partial charge in [-0.3, -0.25) is 0 Å². The Hall–Kier alpha value is -1.16. The van der Waals surface area contributed by atoms with Crippen molar-refractivity contribution in [3.8, 4) is 5.88 Å². The second-order valence-electron chi connectivity index (χ2n) is 6.80. The molecule has 1 aromatic heterocycles. The zero-order valence-corrected chi connectivity index (χ0v) is 12.9. The Bertz CT molecular complexity index is 462. The van der Waals surface area contributed by atoms with Crippen LogP contribution in [0.25, 0.3) is 0 Å². The summed E-state index contributed by atoms with van der Waals surface area (Å²) in [6.07, 6.45) is 4.69. The highest BCUT2D eigenvalue weighted by Crippen LogP contribution is 2.40. The molecule has 1 aliphatic carbocycles. The Balaban J connectivity index is 2.13. The third-order valence-electron chi connectivity index (χ3n) is 3.88. The van der Waals surface area contributed by atoms with E-state index >= 15 is 0 Å². The average Bonchev–Trinajstić information content (AvgIpc) is 2.30. The molecule has 1 heterocycles. The zero-order valence-electron chi connectivity index (χ0n) is 12.9. The minimum Gasteiger partial charge on any atom is -0.474 e. The van der Waals surface area contributed by atoms with Gasteiger partial charge in [0.1, 0.15) is 11.9 Å². The van der Waals surface area contributed by atoms with Gasteiger partial charge in [0.25, 0.3) is 0 Å². The molecule has 112 valence electrons. The van der Waals surface area contributed by atoms with E-state index < -0.39 is 0 Å². The first-order valence-electron chi connectivity index (χ1n) is 7.35. The minimum atomic E-state index is -0.319. The van der Waals surface area contributed by atoms with Gasteiger partial charge in [0.05, 0.1) is 6.20 Å². The minimum absolute atomic E-state index is 0.169. The number of halogens is 1. The van der Waals surface area contributed by atoms with E-state index in [-0.39, 0.29) is 11.9 Å². The van der Waals surface area contributed by atoms with Gasteiger partial charge in [-0.05, 0) is 43.7 Å². The summed E-state index contributed by atoms with van der Waals surface area (Å²) < 4.78 is 19.4. The molecule has 2 unspecified atom stereocenters. The van der Waals surface area contributed by atoms with Crippen LogP contribution in [0.5, 0.6) is 5.88 Å². The monoisotopic (exact) mass is 280 g/mol. The van der Waals surface area contributed by atoms with Crippen LogP contribution in [0, 0.1) is 17.2 Å². The maximum atomic E-state index is 13.3. The summed E-state index contributed by atoms with van der Waals surface area (Å²) in [6.45, 7) is 7.40. The number of hydrogen-bond donors (Lipinski definition) is 1. The second-order valence-corrected chi connectivity index (χ2v) is 6.80. The quantitative estimate of drug-likeness (QED) is 0.916. The van der Waals surface area contributed by atoms with Gasteiger partial charge < -0.3 is 10.1 Å². The van der Waals surface area contributed by atoms with Gasteiger partial charge in [0.15, 0.2) is 0 Å². The first-order valence-corrected chi connectivity index (χ1v) is 7.35. The van der Waals surface area contributed by atoms with Gasteiger partial charge in [-0.15, -0.1) is 0 Å². The molecular formula is C16H25FN2O. The maximum absolute atomic E-state index is 13.3. The molecule has 1 fully saturated rings. The van der Waals surface area contributed by atoms with Crippen LogP contribution in [-0.2, 0) is 6.54 Å². The highest BCUT2D eigenvalue weighted by atomic mass is 19.1. The van der Waals surface area contributed by atoms with Crippen molar-refractivity contribution in [1.29, 1.82) is 0 Å². The maximum Gasteiger partial charge on any atom is 0.218 e. The van der Waals surface area contributed by atoms with Crippen molar-refractivity contribution in [2.75, 3.05) is 7.05 Å². The largest absolute Gasteiger partial charge is 0.474 e. The molecule has 2 rings (SSSR count). The van der Waals surface area contributed by atoms with Gasteiger partial charge in [-0.25, -0.2) is 9.37 Å². The molecule has 1 N–H and O–H groups in total. The fourth-order valence-corrected chi connectivity index (χ4v) is 3.40. The lowest BCUT2D eigenvalue weighted by atomic mass is 9.71. The zero-order chi connectivity index (χ0) is 14.8. The Morgan fingerprint density at radius 1 is 1.45 bits per heavy atom. The van der Waals surface area contributed by atoms with Crippen LogP contribution in [-0.4, -0.2) is 18.1 Å². The summed E-state index contributed by atoms with van der Waals surface area (Å²) in [7, 11) is 1.83. The number of nitrogens with one attached hydrogen (secondary N) is 1. The molecule has 20 heavy (non-hydrogen) atoms. The predicted molar refractivity (Wildman–Crippen MR) is 78.2 cm³/mol. The van der Waals surface area contributed by atoms with Gasteiger partial charge in [-0.2, -0.15) is 0 Å². The van der Waals surface area contributed by atoms with Crippen LogP contribution < -0.4 is 10.1 Å². The van der Waals surface area contributed by atoms with Gasteiger partial charge in [0.2, 0.25) is 5.88 Å². The molecule has 0 bridgehead atoms.